The van der Waals surface area contributed by atoms with Crippen LogP contribution in [0, 0.1) is 0 Å². The summed E-state index contributed by atoms with van der Waals surface area (Å²) in [4.78, 5) is 60.0. The molecule has 12 nitrogen and oxygen atoms in total. The van der Waals surface area contributed by atoms with E-state index < -0.39 is 71.7 Å². The number of nitrogens with two attached hydrogens (primary N) is 1. The molecule has 1 heterocycles. The van der Waals surface area contributed by atoms with Gasteiger partial charge < -0.3 is 36.1 Å². The lowest BCUT2D eigenvalue weighted by molar-refractivity contribution is -0.189. The Morgan fingerprint density at radius 3 is 2.57 bits per heavy atom. The Morgan fingerprint density at radius 1 is 1.29 bits per heavy atom. The first-order valence-electron chi connectivity index (χ1n) is 9.75. The Hall–Kier alpha value is -3.53. The third-order valence-corrected chi connectivity index (χ3v) is 5.46. The van der Waals surface area contributed by atoms with Crippen LogP contribution in [0.2, 0.25) is 0 Å². The van der Waals surface area contributed by atoms with Gasteiger partial charge in [0.15, 0.2) is 0 Å². The van der Waals surface area contributed by atoms with E-state index in [0.29, 0.717) is 6.07 Å². The molecule has 0 aliphatic carbocycles. The number of esters is 2. The van der Waals surface area contributed by atoms with Crippen molar-refractivity contribution >= 4 is 41.5 Å². The minimum atomic E-state index is -5.38. The molecule has 1 aliphatic rings. The first kappa shape index (κ1) is 27.7. The van der Waals surface area contributed by atoms with E-state index in [4.69, 9.17) is 10.5 Å². The number of phenols is 1. The van der Waals surface area contributed by atoms with E-state index >= 15 is 0 Å². The predicted molar refractivity (Wildman–Crippen MR) is 111 cm³/mol. The average molecular weight is 523 g/mol. The number of cyclic esters (lactones) is 1. The van der Waals surface area contributed by atoms with Crippen molar-refractivity contribution in [3.05, 3.63) is 23.3 Å². The van der Waals surface area contributed by atoms with Crippen molar-refractivity contribution in [1.29, 1.82) is 0 Å². The Kier molecular flexibility index (Phi) is 9.30. The molecule has 192 valence electrons. The molecule has 35 heavy (non-hydrogen) atoms. The number of carboxylic acid groups (broad SMARTS) is 1. The van der Waals surface area contributed by atoms with Gasteiger partial charge in [0, 0.05) is 36.1 Å². The fraction of sp³-hybridized carbons (Fsp3) is 0.421. The molecule has 2 atom stereocenters. The molecule has 16 heteroatoms. The Bertz CT molecular complexity index is 1020. The molecule has 0 fully saturated rings. The summed E-state index contributed by atoms with van der Waals surface area (Å²) in [5.74, 6) is -9.20. The van der Waals surface area contributed by atoms with Crippen molar-refractivity contribution in [2.75, 3.05) is 18.9 Å². The number of carboxylic acids is 1. The van der Waals surface area contributed by atoms with E-state index in [-0.39, 0.29) is 30.0 Å². The first-order valence-corrected chi connectivity index (χ1v) is 10.9. The number of aromatic hydroxyl groups is 1. The molecule has 0 spiro atoms. The monoisotopic (exact) mass is 523 g/mol. The van der Waals surface area contributed by atoms with Crippen LogP contribution in [0.15, 0.2) is 12.1 Å². The van der Waals surface area contributed by atoms with Crippen LogP contribution in [0.4, 0.5) is 13.2 Å². The zero-order chi connectivity index (χ0) is 26.3. The second kappa shape index (κ2) is 11.7. The van der Waals surface area contributed by atoms with Crippen molar-refractivity contribution in [2.24, 2.45) is 5.73 Å². The minimum Gasteiger partial charge on any atom is -0.508 e. The van der Waals surface area contributed by atoms with E-state index in [0.717, 1.165) is 17.8 Å². The predicted octanol–water partition coefficient (Wildman–Crippen LogP) is -0.333. The average Bonchev–Trinajstić information content (AvgIpc) is 2.75. The largest absolute Gasteiger partial charge is 0.508 e. The summed E-state index contributed by atoms with van der Waals surface area (Å²) in [7, 11) is 0. The number of aliphatic carboxylic acids is 1. The molecule has 1 aromatic carbocycles. The van der Waals surface area contributed by atoms with Gasteiger partial charge in [-0.15, -0.1) is 0 Å². The molecule has 2 amide bonds. The van der Waals surface area contributed by atoms with E-state index in [1.54, 1.807) is 0 Å². The number of fused-ring (bicyclic) bond motifs is 1. The number of hydrogen-bond donors (Lipinski definition) is 5. The number of amides is 2. The second-order valence-electron chi connectivity index (χ2n) is 7.03. The number of ether oxygens (including phenoxy) is 2. The third kappa shape index (κ3) is 7.74. The molecule has 2 rings (SSSR count). The van der Waals surface area contributed by atoms with E-state index in [9.17, 15) is 47.4 Å². The van der Waals surface area contributed by atoms with Gasteiger partial charge in [0.2, 0.25) is 11.8 Å². The van der Waals surface area contributed by atoms with Crippen molar-refractivity contribution in [3.63, 3.8) is 0 Å². The van der Waals surface area contributed by atoms with Gasteiger partial charge >= 0.3 is 24.1 Å². The highest BCUT2D eigenvalue weighted by Gasteiger charge is 2.42. The molecule has 0 saturated carbocycles. The summed E-state index contributed by atoms with van der Waals surface area (Å²) < 4.78 is 47.4. The quantitative estimate of drug-likeness (QED) is 0.250. The van der Waals surface area contributed by atoms with E-state index in [1.165, 1.54) is 0 Å². The third-order valence-electron chi connectivity index (χ3n) is 4.40. The van der Waals surface area contributed by atoms with Gasteiger partial charge in [-0.25, -0.2) is 14.4 Å². The molecular weight excluding hydrogens is 503 g/mol. The molecule has 0 aromatic heterocycles. The number of carbonyl (C=O) groups is 5. The van der Waals surface area contributed by atoms with Gasteiger partial charge in [0.05, 0.1) is 5.56 Å². The maximum Gasteiger partial charge on any atom is 0.491 e. The summed E-state index contributed by atoms with van der Waals surface area (Å²) >= 11 is 0.767. The SMILES string of the molecule is NCCC(=O)N[C@H]1COC(=O)c2cc(O)cc(OC(=O)C(F)(F)F)c2CSC[C@@H](C(=O)O)NC1=O. The summed E-state index contributed by atoms with van der Waals surface area (Å²) in [5.41, 5.74) is 4.48. The van der Waals surface area contributed by atoms with E-state index in [1.807, 2.05) is 0 Å². The maximum absolute atomic E-state index is 12.7. The highest BCUT2D eigenvalue weighted by Crippen LogP contribution is 2.34. The van der Waals surface area contributed by atoms with Gasteiger partial charge in [-0.3, -0.25) is 9.59 Å². The standard InChI is InChI=1S/C19H20F3N3O9S/c20-19(21,22)18(32)34-13-4-8(26)3-9-10(13)6-35-7-12(16(29)30)25-15(28)11(5-33-17(9)31)24-14(27)1-2-23/h3-4,11-12,26H,1-2,5-7,23H2,(H,24,27)(H,25,28)(H,29,30)/t11-,12-/m0/s1. The van der Waals surface area contributed by atoms with Gasteiger partial charge in [0.25, 0.3) is 0 Å². The van der Waals surface area contributed by atoms with Crippen LogP contribution in [0.25, 0.3) is 0 Å². The van der Waals surface area contributed by atoms with Crippen LogP contribution in [0.3, 0.4) is 0 Å². The Labute approximate surface area is 199 Å². The number of nitrogens with one attached hydrogen (secondary N) is 2. The zero-order valence-electron chi connectivity index (χ0n) is 17.7. The normalized spacial score (nSPS) is 19.2. The maximum atomic E-state index is 12.7. The van der Waals surface area contributed by atoms with Crippen molar-refractivity contribution in [1.82, 2.24) is 10.6 Å². The van der Waals surface area contributed by atoms with Crippen LogP contribution in [0.5, 0.6) is 11.5 Å². The van der Waals surface area contributed by atoms with Gasteiger partial charge in [-0.1, -0.05) is 0 Å². The topological polar surface area (TPSA) is 194 Å². The second-order valence-corrected chi connectivity index (χ2v) is 8.06. The van der Waals surface area contributed by atoms with Crippen LogP contribution >= 0.6 is 11.8 Å². The lowest BCUT2D eigenvalue weighted by Gasteiger charge is -2.23. The molecule has 1 aliphatic heterocycles. The fourth-order valence-corrected chi connectivity index (χ4v) is 3.84. The molecule has 0 radical (unpaired) electrons. The number of hydrogen-bond acceptors (Lipinski definition) is 10. The van der Waals surface area contributed by atoms with Crippen molar-refractivity contribution in [2.45, 2.75) is 30.4 Å². The molecule has 0 unspecified atom stereocenters. The van der Waals surface area contributed by atoms with Gasteiger partial charge in [-0.05, 0) is 6.07 Å². The van der Waals surface area contributed by atoms with E-state index in [2.05, 4.69) is 15.4 Å². The number of alkyl halides is 3. The van der Waals surface area contributed by atoms with Crippen LogP contribution < -0.4 is 21.1 Å². The summed E-state index contributed by atoms with van der Waals surface area (Å²) in [6.45, 7) is -0.867. The highest BCUT2D eigenvalue weighted by atomic mass is 32.2. The smallest absolute Gasteiger partial charge is 0.491 e. The number of phenolic OH excluding ortho intramolecular Hbond substituents is 1. The van der Waals surface area contributed by atoms with Crippen molar-refractivity contribution < 1.29 is 56.8 Å². The molecule has 0 saturated heterocycles. The number of halogens is 3. The lowest BCUT2D eigenvalue weighted by Crippen LogP contribution is -2.54. The van der Waals surface area contributed by atoms with Crippen molar-refractivity contribution in [3.8, 4) is 11.5 Å². The molecule has 6 N–H and O–H groups in total. The molecular formula is C19H20F3N3O9S. The van der Waals surface area contributed by atoms with Crippen LogP contribution in [0.1, 0.15) is 22.3 Å². The number of thioether (sulfide) groups is 1. The lowest BCUT2D eigenvalue weighted by atomic mass is 10.1. The summed E-state index contributed by atoms with van der Waals surface area (Å²) in [6.07, 6.45) is -5.58. The summed E-state index contributed by atoms with van der Waals surface area (Å²) in [5, 5.41) is 23.7. The Balaban J connectivity index is 2.47. The zero-order valence-corrected chi connectivity index (χ0v) is 18.5. The minimum absolute atomic E-state index is 0.0690. The number of benzene rings is 1. The molecule has 0 bridgehead atoms. The first-order chi connectivity index (χ1) is 16.3. The van der Waals surface area contributed by atoms with Crippen LogP contribution in [-0.4, -0.2) is 77.1 Å². The highest BCUT2D eigenvalue weighted by molar-refractivity contribution is 7.98. The summed E-state index contributed by atoms with van der Waals surface area (Å²) in [6, 6.07) is -1.52. The number of carbonyl (C=O) groups excluding carboxylic acids is 4. The van der Waals surface area contributed by atoms with Gasteiger partial charge in [-0.2, -0.15) is 24.9 Å². The molecule has 1 aromatic rings. The fourth-order valence-electron chi connectivity index (χ4n) is 2.75. The Morgan fingerprint density at radius 2 is 1.97 bits per heavy atom. The van der Waals surface area contributed by atoms with Crippen LogP contribution in [-0.2, 0) is 29.7 Å². The van der Waals surface area contributed by atoms with Gasteiger partial charge in [0.1, 0.15) is 30.2 Å². The number of rotatable bonds is 5.